The number of carbonyl (C=O) groups excluding carboxylic acids is 2. The van der Waals surface area contributed by atoms with Crippen LogP contribution in [0.2, 0.25) is 0 Å². The molecule has 0 bridgehead atoms. The molecule has 0 spiro atoms. The van der Waals surface area contributed by atoms with E-state index in [1.165, 1.54) is 55.6 Å². The Morgan fingerprint density at radius 1 is 0.303 bits per heavy atom. The predicted octanol–water partition coefficient (Wildman–Crippen LogP) is 30.2. The lowest BCUT2D eigenvalue weighted by Gasteiger charge is -2.34. The minimum absolute atomic E-state index is 0.0340. The normalized spacial score (nSPS) is 16.4. The second-order valence-corrected chi connectivity index (χ2v) is 49.5. The van der Waals surface area contributed by atoms with E-state index in [9.17, 15) is 14.7 Å². The van der Waals surface area contributed by atoms with Gasteiger partial charge in [-0.3, -0.25) is 9.59 Å². The van der Waals surface area contributed by atoms with Gasteiger partial charge in [0.15, 0.2) is 0 Å². The summed E-state index contributed by atoms with van der Waals surface area (Å²) in [4.78, 5) is 26.8. The number of esters is 2. The zero-order valence-corrected chi connectivity index (χ0v) is 82.7. The third-order valence-corrected chi connectivity index (χ3v) is 25.8. The van der Waals surface area contributed by atoms with Crippen LogP contribution < -0.4 is 32.1 Å². The zero-order chi connectivity index (χ0) is 89.6. The molecule has 10 nitrogen and oxygen atoms in total. The van der Waals surface area contributed by atoms with Crippen LogP contribution in [0.4, 0.5) is 0 Å². The van der Waals surface area contributed by atoms with Crippen LogP contribution in [0.5, 0.6) is 46.0 Å². The Balaban J connectivity index is 0.000000208. The molecule has 4 heterocycles. The highest BCUT2D eigenvalue weighted by Crippen LogP contribution is 2.59. The van der Waals surface area contributed by atoms with E-state index >= 15 is 0 Å². The van der Waals surface area contributed by atoms with E-state index in [0.717, 1.165) is 107 Å². The third kappa shape index (κ3) is 20.5. The van der Waals surface area contributed by atoms with Gasteiger partial charge in [-0.05, 0) is 193 Å². The van der Waals surface area contributed by atoms with Crippen LogP contribution in [-0.4, -0.2) is 17.0 Å². The Morgan fingerprint density at radius 3 is 0.756 bits per heavy atom. The van der Waals surface area contributed by atoms with Crippen molar-refractivity contribution < 1.29 is 46.8 Å². The fourth-order valence-corrected chi connectivity index (χ4v) is 18.6. The molecule has 0 fully saturated rings. The summed E-state index contributed by atoms with van der Waals surface area (Å²) in [6, 6.07) is 35.2. The number of phenolic OH excluding ortho intramolecular Hbond substituents is 1. The third-order valence-electron chi connectivity index (χ3n) is 23.7. The standard InChI is InChI=1S/C53H71O5P.C29H42ClO2P.C24H30O3/c1-30-21-32(42-38-26-37(50(9,10)11)29-41(53(18,19)20)46(38)55-47(42)54)22-31(2)43(30)56-59-57-44-33(24-35(48(3,4)5)27-39(44)51(12,13)14)23-34-25-36(49(6,7)8)28-40(45(34)58-59)52(15,16)17;1-26(2,3)20-14-18-13-19-15-21(27(4,5)6)17-23(29(10,11)12)25(19)32-33(30)31-24(18)22(16-20)28(7,8)9;1-13-9-15(10-14(2)20(13)25)19-17-11-16(23(3,4)5)12-18(24(6,7)8)21(17)27-22(19)26/h21-22,24-29,42H,23H2,1-20H3;14-17H,13H2,1-12H3;9-12,19,25H,1-8H3. The number of carbonyl (C=O) groups is 2. The Morgan fingerprint density at radius 2 is 0.521 bits per heavy atom. The molecule has 8 aromatic carbocycles. The first-order valence-electron chi connectivity index (χ1n) is 42.9. The number of aryl methyl sites for hydroxylation is 4. The molecule has 0 aromatic heterocycles. The lowest BCUT2D eigenvalue weighted by molar-refractivity contribution is -0.134. The number of phenols is 1. The molecule has 119 heavy (non-hydrogen) atoms. The van der Waals surface area contributed by atoms with Gasteiger partial charge in [0.25, 0.3) is 0 Å². The van der Waals surface area contributed by atoms with Crippen LogP contribution >= 0.6 is 27.6 Å². The van der Waals surface area contributed by atoms with Crippen LogP contribution in [0, 0.1) is 27.7 Å². The molecule has 4 aliphatic rings. The highest BCUT2D eigenvalue weighted by molar-refractivity contribution is 7.76. The van der Waals surface area contributed by atoms with Crippen LogP contribution in [0.3, 0.4) is 0 Å². The van der Waals surface area contributed by atoms with E-state index in [4.69, 9.17) is 43.3 Å². The summed E-state index contributed by atoms with van der Waals surface area (Å²) in [7, 11) is -3.64. The summed E-state index contributed by atoms with van der Waals surface area (Å²) in [6.07, 6.45) is 1.43. The Kier molecular flexibility index (Phi) is 25.3. The van der Waals surface area contributed by atoms with Crippen LogP contribution in [0.25, 0.3) is 0 Å². The van der Waals surface area contributed by atoms with Crippen molar-refractivity contribution in [3.8, 4) is 46.0 Å². The maximum Gasteiger partial charge on any atom is 0.530 e. The molecular formula is C106H143ClO10P2. The fraction of sp³-hybridized carbons (Fsp3) is 0.528. The van der Waals surface area contributed by atoms with Gasteiger partial charge in [-0.2, -0.15) is 0 Å². The van der Waals surface area contributed by atoms with Gasteiger partial charge in [0, 0.05) is 57.3 Å². The highest BCUT2D eigenvalue weighted by atomic mass is 35.7. The van der Waals surface area contributed by atoms with Gasteiger partial charge >= 0.3 is 28.3 Å². The quantitative estimate of drug-likeness (QED) is 0.104. The van der Waals surface area contributed by atoms with Crippen molar-refractivity contribution in [1.29, 1.82) is 0 Å². The Bertz CT molecular complexity index is 5040. The monoisotopic (exact) mass is 1670 g/mol. The Labute approximate surface area is 724 Å². The molecule has 0 saturated heterocycles. The molecule has 12 rings (SSSR count). The summed E-state index contributed by atoms with van der Waals surface area (Å²) in [6.45, 7) is 88.2. The number of rotatable bonds is 4. The van der Waals surface area contributed by atoms with Gasteiger partial charge in [-0.15, -0.1) is 0 Å². The van der Waals surface area contributed by atoms with Crippen molar-refractivity contribution in [3.63, 3.8) is 0 Å². The summed E-state index contributed by atoms with van der Waals surface area (Å²) < 4.78 is 46.0. The number of halogens is 1. The van der Waals surface area contributed by atoms with Crippen molar-refractivity contribution in [2.75, 3.05) is 0 Å². The minimum atomic E-state index is -2.00. The largest absolute Gasteiger partial charge is 0.530 e. The second-order valence-electron chi connectivity index (χ2n) is 46.9. The molecular weight excluding hydrogens is 1530 g/mol. The molecule has 8 aromatic rings. The number of aromatic hydroxyl groups is 1. The lowest BCUT2D eigenvalue weighted by Crippen LogP contribution is -2.22. The van der Waals surface area contributed by atoms with Crippen molar-refractivity contribution in [3.05, 3.63) is 231 Å². The summed E-state index contributed by atoms with van der Waals surface area (Å²) >= 11 is 6.77. The van der Waals surface area contributed by atoms with E-state index in [2.05, 4.69) is 334 Å². The number of ether oxygens (including phenoxy) is 2. The number of benzene rings is 8. The van der Waals surface area contributed by atoms with Gasteiger partial charge < -0.3 is 37.2 Å². The Hall–Kier alpha value is -7.35. The fourth-order valence-electron chi connectivity index (χ4n) is 16.1. The highest BCUT2D eigenvalue weighted by Gasteiger charge is 2.45. The summed E-state index contributed by atoms with van der Waals surface area (Å²) in [5.41, 5.74) is 24.9. The average molecular weight is 1670 g/mol. The molecule has 4 aliphatic heterocycles. The van der Waals surface area contributed by atoms with E-state index in [1.54, 1.807) is 0 Å². The van der Waals surface area contributed by atoms with E-state index < -0.39 is 28.2 Å². The second kappa shape index (κ2) is 32.1. The first kappa shape index (κ1) is 93.9. The van der Waals surface area contributed by atoms with Gasteiger partial charge in [0.2, 0.25) is 0 Å². The molecule has 0 amide bonds. The molecule has 1 N–H and O–H groups in total. The molecule has 0 saturated carbocycles. The van der Waals surface area contributed by atoms with E-state index in [-0.39, 0.29) is 82.7 Å². The first-order valence-corrected chi connectivity index (χ1v) is 46.1. The lowest BCUT2D eigenvalue weighted by atomic mass is 9.76. The van der Waals surface area contributed by atoms with E-state index in [1.807, 2.05) is 39.8 Å². The van der Waals surface area contributed by atoms with Gasteiger partial charge in [-0.25, -0.2) is 0 Å². The molecule has 0 aliphatic carbocycles. The summed E-state index contributed by atoms with van der Waals surface area (Å²) in [5, 5.41) is 10.1. The van der Waals surface area contributed by atoms with Crippen molar-refractivity contribution in [2.45, 2.75) is 367 Å². The topological polar surface area (TPSA) is 119 Å². The molecule has 13 heteroatoms. The van der Waals surface area contributed by atoms with Crippen LogP contribution in [0.1, 0.15) is 395 Å². The van der Waals surface area contributed by atoms with Crippen molar-refractivity contribution in [1.82, 2.24) is 0 Å². The van der Waals surface area contributed by atoms with Gasteiger partial charge in [-0.1, -0.05) is 346 Å². The minimum Gasteiger partial charge on any atom is -0.507 e. The van der Waals surface area contributed by atoms with Crippen LogP contribution in [0.15, 0.2) is 97.1 Å². The van der Waals surface area contributed by atoms with Crippen molar-refractivity contribution in [2.24, 2.45) is 0 Å². The van der Waals surface area contributed by atoms with E-state index in [0.29, 0.717) is 23.7 Å². The molecule has 644 valence electrons. The number of hydrogen-bond donors (Lipinski definition) is 1. The van der Waals surface area contributed by atoms with Crippen LogP contribution in [-0.2, 0) is 87.4 Å². The molecule has 2 atom stereocenters. The van der Waals surface area contributed by atoms with Crippen molar-refractivity contribution >= 4 is 39.5 Å². The van der Waals surface area contributed by atoms with Gasteiger partial charge in [0.1, 0.15) is 57.8 Å². The molecule has 2 unspecified atom stereocenters. The molecule has 0 radical (unpaired) electrons. The number of hydrogen-bond acceptors (Lipinski definition) is 10. The maximum absolute atomic E-state index is 13.9. The zero-order valence-electron chi connectivity index (χ0n) is 80.2. The average Bonchev–Trinajstić information content (AvgIpc) is 1.39. The van der Waals surface area contributed by atoms with Gasteiger partial charge in [0.05, 0.1) is 0 Å². The summed E-state index contributed by atoms with van der Waals surface area (Å²) in [5.74, 6) is 4.33. The SMILES string of the molecule is CC(C)(C)c1cc2c(c(C(C)(C)C)c1)OP(Cl)Oc1c(cc(C(C)(C)C)cc1C(C)(C)C)C2.Cc1cc(C2C(=O)Oc3c2cc(C(C)(C)C)cc3C(C)(C)C)cc(C)c1O.Cc1cc(C2C(=O)Oc3c2cc(C(C)(C)C)cc3C(C)(C)C)cc(C)c1OP1Oc2c(cc(C(C)(C)C)cc2C(C)(C)C)Cc2cc(C(C)(C)C)cc(C(C)(C)C)c2O1. The maximum atomic E-state index is 13.9. The smallest absolute Gasteiger partial charge is 0.507 e. The predicted molar refractivity (Wildman–Crippen MR) is 500 cm³/mol. The first-order chi connectivity index (χ1) is 53.8. The number of fused-ring (bicyclic) bond motifs is 6.